The molecule has 0 radical (unpaired) electrons. The Morgan fingerprint density at radius 2 is 1.88 bits per heavy atom. The lowest BCUT2D eigenvalue weighted by Crippen LogP contribution is -2.41. The van der Waals surface area contributed by atoms with Crippen LogP contribution < -0.4 is 9.62 Å². The number of sulfonamides is 1. The number of para-hydroxylation sites is 1. The van der Waals surface area contributed by atoms with Gasteiger partial charge in [0.15, 0.2) is 0 Å². The fourth-order valence-electron chi connectivity index (χ4n) is 2.26. The number of carbonyl (C=O) groups is 1. The molecule has 1 N–H and O–H groups in total. The van der Waals surface area contributed by atoms with Crippen molar-refractivity contribution in [2.24, 2.45) is 0 Å². The summed E-state index contributed by atoms with van der Waals surface area (Å²) in [6.07, 6.45) is 1.09. The second-order valence-corrected chi connectivity index (χ2v) is 9.09. The lowest BCUT2D eigenvalue weighted by molar-refractivity contribution is -0.119. The number of anilines is 1. The van der Waals surface area contributed by atoms with Crippen LogP contribution in [-0.2, 0) is 20.6 Å². The van der Waals surface area contributed by atoms with Crippen molar-refractivity contribution in [1.82, 2.24) is 5.32 Å². The molecule has 2 aromatic carbocycles. The normalized spacial score (nSPS) is 11.2. The van der Waals surface area contributed by atoms with E-state index in [4.69, 9.17) is 11.6 Å². The van der Waals surface area contributed by atoms with Crippen LogP contribution >= 0.6 is 23.4 Å². The van der Waals surface area contributed by atoms with Gasteiger partial charge in [-0.3, -0.25) is 9.10 Å². The summed E-state index contributed by atoms with van der Waals surface area (Å²) in [6.45, 7) is 0.234. The predicted molar refractivity (Wildman–Crippen MR) is 109 cm³/mol. The Kier molecular flexibility index (Phi) is 7.81. The van der Waals surface area contributed by atoms with E-state index in [9.17, 15) is 13.2 Å². The quantitative estimate of drug-likeness (QED) is 0.642. The molecule has 26 heavy (non-hydrogen) atoms. The molecule has 0 aromatic heterocycles. The van der Waals surface area contributed by atoms with Crippen molar-refractivity contribution in [2.75, 3.05) is 29.4 Å². The summed E-state index contributed by atoms with van der Waals surface area (Å²) in [5.41, 5.74) is 1.60. The summed E-state index contributed by atoms with van der Waals surface area (Å²) in [4.78, 5) is 12.1. The van der Waals surface area contributed by atoms with Gasteiger partial charge in [0.25, 0.3) is 0 Å². The van der Waals surface area contributed by atoms with E-state index >= 15 is 0 Å². The van der Waals surface area contributed by atoms with Crippen LogP contribution in [0.25, 0.3) is 0 Å². The van der Waals surface area contributed by atoms with Crippen LogP contribution in [0, 0.1) is 0 Å². The van der Waals surface area contributed by atoms with Crippen LogP contribution in [0.3, 0.4) is 0 Å². The maximum atomic E-state index is 12.1. The van der Waals surface area contributed by atoms with Crippen molar-refractivity contribution in [1.29, 1.82) is 0 Å². The largest absolute Gasteiger partial charge is 0.354 e. The number of nitrogens with one attached hydrogen (secondary N) is 1. The first kappa shape index (κ1) is 20.6. The zero-order chi connectivity index (χ0) is 19.0. The van der Waals surface area contributed by atoms with Crippen molar-refractivity contribution in [2.45, 2.75) is 5.75 Å². The number of carbonyl (C=O) groups excluding carboxylic acids is 1. The second kappa shape index (κ2) is 9.85. The predicted octanol–water partition coefficient (Wildman–Crippen LogP) is 3.16. The molecule has 8 heteroatoms. The third kappa shape index (κ3) is 6.90. The van der Waals surface area contributed by atoms with E-state index in [-0.39, 0.29) is 12.5 Å². The summed E-state index contributed by atoms with van der Waals surface area (Å²) < 4.78 is 25.0. The molecule has 0 aliphatic rings. The SMILES string of the molecule is CS(=O)(=O)N(CC(=O)NCCSCc1cccc(Cl)c1)c1ccccc1. The van der Waals surface area contributed by atoms with E-state index in [1.807, 2.05) is 24.3 Å². The molecule has 5 nitrogen and oxygen atoms in total. The van der Waals surface area contributed by atoms with Gasteiger partial charge in [0.1, 0.15) is 6.54 Å². The molecule has 0 aliphatic heterocycles. The molecule has 0 saturated carbocycles. The van der Waals surface area contributed by atoms with Gasteiger partial charge in [0.2, 0.25) is 15.9 Å². The minimum absolute atomic E-state index is 0.234. The van der Waals surface area contributed by atoms with Crippen molar-refractivity contribution in [3.63, 3.8) is 0 Å². The van der Waals surface area contributed by atoms with Crippen LogP contribution in [-0.4, -0.2) is 39.4 Å². The molecule has 0 saturated heterocycles. The third-order valence-electron chi connectivity index (χ3n) is 3.46. The maximum Gasteiger partial charge on any atom is 0.240 e. The third-order valence-corrected chi connectivity index (χ3v) is 5.86. The molecule has 0 fully saturated rings. The summed E-state index contributed by atoms with van der Waals surface area (Å²) in [7, 11) is -3.53. The number of halogens is 1. The fourth-order valence-corrected chi connectivity index (χ4v) is 4.14. The van der Waals surface area contributed by atoms with E-state index in [1.54, 1.807) is 42.1 Å². The molecular weight excluding hydrogens is 392 g/mol. The van der Waals surface area contributed by atoms with Gasteiger partial charge in [0, 0.05) is 23.1 Å². The lowest BCUT2D eigenvalue weighted by Gasteiger charge is -2.21. The van der Waals surface area contributed by atoms with Crippen LogP contribution in [0.2, 0.25) is 5.02 Å². The van der Waals surface area contributed by atoms with Gasteiger partial charge in [-0.1, -0.05) is 41.9 Å². The summed E-state index contributed by atoms with van der Waals surface area (Å²) in [5, 5.41) is 3.47. The van der Waals surface area contributed by atoms with Gasteiger partial charge in [-0.15, -0.1) is 0 Å². The molecule has 0 spiro atoms. The average molecular weight is 413 g/mol. The topological polar surface area (TPSA) is 66.5 Å². The zero-order valence-corrected chi connectivity index (χ0v) is 16.8. The van der Waals surface area contributed by atoms with Crippen molar-refractivity contribution >= 4 is 45.0 Å². The molecular formula is C18H21ClN2O3S2. The second-order valence-electron chi connectivity index (χ2n) is 5.64. The highest BCUT2D eigenvalue weighted by atomic mass is 35.5. The van der Waals surface area contributed by atoms with Crippen LogP contribution in [0.4, 0.5) is 5.69 Å². The Labute approximate surface area is 163 Å². The van der Waals surface area contributed by atoms with Gasteiger partial charge in [-0.05, 0) is 29.8 Å². The number of nitrogens with zero attached hydrogens (tertiary/aromatic N) is 1. The molecule has 0 bridgehead atoms. The highest BCUT2D eigenvalue weighted by molar-refractivity contribution is 7.98. The number of hydrogen-bond acceptors (Lipinski definition) is 4. The van der Waals surface area contributed by atoms with Gasteiger partial charge in [0.05, 0.1) is 11.9 Å². The first-order valence-electron chi connectivity index (χ1n) is 7.98. The van der Waals surface area contributed by atoms with Gasteiger partial charge in [-0.25, -0.2) is 8.42 Å². The van der Waals surface area contributed by atoms with Gasteiger partial charge in [-0.2, -0.15) is 11.8 Å². The standard InChI is InChI=1S/C18H21ClN2O3S2/c1-26(23,24)21(17-8-3-2-4-9-17)13-18(22)20-10-11-25-14-15-6-5-7-16(19)12-15/h2-9,12H,10-11,13-14H2,1H3,(H,20,22). The maximum absolute atomic E-state index is 12.1. The first-order valence-corrected chi connectivity index (χ1v) is 11.4. The fraction of sp³-hybridized carbons (Fsp3) is 0.278. The minimum atomic E-state index is -3.53. The molecule has 140 valence electrons. The van der Waals surface area contributed by atoms with Crippen LogP contribution in [0.1, 0.15) is 5.56 Å². The first-order chi connectivity index (χ1) is 12.4. The smallest absolute Gasteiger partial charge is 0.240 e. The van der Waals surface area contributed by atoms with Crippen LogP contribution in [0.5, 0.6) is 0 Å². The van der Waals surface area contributed by atoms with Crippen molar-refractivity contribution < 1.29 is 13.2 Å². The molecule has 0 aliphatic carbocycles. The highest BCUT2D eigenvalue weighted by Gasteiger charge is 2.20. The Bertz CT molecular complexity index is 829. The Morgan fingerprint density at radius 3 is 2.54 bits per heavy atom. The van der Waals surface area contributed by atoms with Gasteiger partial charge >= 0.3 is 0 Å². The van der Waals surface area contributed by atoms with Crippen molar-refractivity contribution in [3.8, 4) is 0 Å². The summed E-state index contributed by atoms with van der Waals surface area (Å²) >= 11 is 7.61. The van der Waals surface area contributed by atoms with Crippen LogP contribution in [0.15, 0.2) is 54.6 Å². The lowest BCUT2D eigenvalue weighted by atomic mass is 10.2. The highest BCUT2D eigenvalue weighted by Crippen LogP contribution is 2.17. The number of benzene rings is 2. The average Bonchev–Trinajstić information content (AvgIpc) is 2.59. The minimum Gasteiger partial charge on any atom is -0.354 e. The molecule has 2 aromatic rings. The Morgan fingerprint density at radius 1 is 1.15 bits per heavy atom. The molecule has 0 heterocycles. The van der Waals surface area contributed by atoms with E-state index < -0.39 is 10.0 Å². The van der Waals surface area contributed by atoms with Gasteiger partial charge < -0.3 is 5.32 Å². The van der Waals surface area contributed by atoms with E-state index in [0.29, 0.717) is 17.3 Å². The molecule has 1 amide bonds. The number of amides is 1. The Hall–Kier alpha value is -1.70. The number of hydrogen-bond donors (Lipinski definition) is 1. The Balaban J connectivity index is 1.78. The van der Waals surface area contributed by atoms with E-state index in [1.165, 1.54) is 0 Å². The van der Waals surface area contributed by atoms with E-state index in [2.05, 4.69) is 5.32 Å². The molecule has 0 atom stereocenters. The van der Waals surface area contributed by atoms with E-state index in [0.717, 1.165) is 27.6 Å². The number of rotatable bonds is 9. The molecule has 2 rings (SSSR count). The van der Waals surface area contributed by atoms with Crippen molar-refractivity contribution in [3.05, 3.63) is 65.2 Å². The monoisotopic (exact) mass is 412 g/mol. The molecule has 0 unspecified atom stereocenters. The zero-order valence-electron chi connectivity index (χ0n) is 14.4. The number of thioether (sulfide) groups is 1. The summed E-state index contributed by atoms with van der Waals surface area (Å²) in [5.74, 6) is 1.20. The summed E-state index contributed by atoms with van der Waals surface area (Å²) in [6, 6.07) is 16.2.